The smallest absolute Gasteiger partial charge is 0.271 e. The van der Waals surface area contributed by atoms with E-state index in [4.69, 9.17) is 9.73 Å². The Morgan fingerprint density at radius 2 is 1.53 bits per heavy atom. The molecule has 2 aromatic heterocycles. The molecule has 0 unspecified atom stereocenters. The summed E-state index contributed by atoms with van der Waals surface area (Å²) in [5, 5.41) is 5.41. The van der Waals surface area contributed by atoms with E-state index < -0.39 is 6.04 Å². The lowest BCUT2D eigenvalue weighted by Gasteiger charge is -2.30. The molecule has 7 nitrogen and oxygen atoms in total. The zero-order valence-corrected chi connectivity index (χ0v) is 29.9. The summed E-state index contributed by atoms with van der Waals surface area (Å²) in [7, 11) is 1.63. The van der Waals surface area contributed by atoms with E-state index in [9.17, 15) is 9.59 Å². The molecule has 1 atom stereocenters. The van der Waals surface area contributed by atoms with E-state index in [0.717, 1.165) is 32.8 Å². The normalized spacial score (nSPS) is 14.7. The van der Waals surface area contributed by atoms with Crippen molar-refractivity contribution >= 4 is 55.8 Å². The first-order valence-corrected chi connectivity index (χ1v) is 18.1. The highest BCUT2D eigenvalue weighted by Gasteiger charge is 2.36. The van der Waals surface area contributed by atoms with Crippen molar-refractivity contribution in [2.75, 3.05) is 20.2 Å². The monoisotopic (exact) mass is 690 g/mol. The molecule has 1 aliphatic heterocycles. The van der Waals surface area contributed by atoms with Crippen molar-refractivity contribution < 1.29 is 9.53 Å². The number of methoxy groups -OCH3 is 1. The van der Waals surface area contributed by atoms with Crippen LogP contribution in [0.25, 0.3) is 38.5 Å². The van der Waals surface area contributed by atoms with Gasteiger partial charge in [0.2, 0.25) is 0 Å². The number of likely N-dealkylation sites (N-methyl/N-ethyl adjacent to an activating group) is 1. The third-order valence-corrected chi connectivity index (χ3v) is 11.0. The Morgan fingerprint density at radius 1 is 0.863 bits per heavy atom. The Labute approximate surface area is 299 Å². The molecule has 1 amide bonds. The van der Waals surface area contributed by atoms with Gasteiger partial charge in [-0.05, 0) is 66.1 Å². The van der Waals surface area contributed by atoms with Gasteiger partial charge in [0.05, 0.1) is 22.9 Å². The van der Waals surface area contributed by atoms with Crippen LogP contribution in [-0.2, 0) is 11.3 Å². The van der Waals surface area contributed by atoms with Crippen LogP contribution in [0.4, 0.5) is 0 Å². The van der Waals surface area contributed by atoms with Gasteiger partial charge in [0, 0.05) is 47.9 Å². The molecule has 0 fully saturated rings. The van der Waals surface area contributed by atoms with E-state index in [1.54, 1.807) is 16.6 Å². The number of thiazole rings is 1. The predicted octanol–water partition coefficient (Wildman–Crippen LogP) is 7.42. The fraction of sp³-hybridized carbons (Fsp3) is 0.186. The maximum atomic E-state index is 14.8. The highest BCUT2D eigenvalue weighted by Crippen LogP contribution is 2.40. The standard InChI is InChI=1S/C43H38N4O3S/c1-5-45(6-2)42(49)38-27(3)44-43-47(40(38)39-34-20-10-8-15-29(34)22-23-36(39)50-4)41(48)37(51-43)24-31-26-46(35-21-12-11-19-33(31)35)25-30-17-13-16-28-14-7-9-18-32(28)30/h7-24,26,40H,5-6,25H2,1-4H3/b37-24+/t40-/m0/s1. The number of benzene rings is 5. The van der Waals surface area contributed by atoms with Crippen molar-refractivity contribution in [3.63, 3.8) is 0 Å². The molecule has 1 aliphatic rings. The van der Waals surface area contributed by atoms with Gasteiger partial charge in [0.25, 0.3) is 11.5 Å². The lowest BCUT2D eigenvalue weighted by Crippen LogP contribution is -2.43. The number of carbonyl (C=O) groups excluding carboxylic acids is 1. The number of hydrogen-bond donors (Lipinski definition) is 0. The van der Waals surface area contributed by atoms with Crippen molar-refractivity contribution in [1.82, 2.24) is 14.0 Å². The molecule has 0 radical (unpaired) electrons. The van der Waals surface area contributed by atoms with Crippen LogP contribution in [0.5, 0.6) is 5.75 Å². The van der Waals surface area contributed by atoms with E-state index in [0.29, 0.717) is 46.0 Å². The second-order valence-corrected chi connectivity index (χ2v) is 13.8. The summed E-state index contributed by atoms with van der Waals surface area (Å²) in [6.07, 6.45) is 4.12. The summed E-state index contributed by atoms with van der Waals surface area (Å²) >= 11 is 1.35. The minimum atomic E-state index is -0.731. The first-order chi connectivity index (χ1) is 24.9. The zero-order chi connectivity index (χ0) is 35.2. The van der Waals surface area contributed by atoms with Gasteiger partial charge < -0.3 is 14.2 Å². The lowest BCUT2D eigenvalue weighted by molar-refractivity contribution is -0.127. The summed E-state index contributed by atoms with van der Waals surface area (Å²) in [6, 6.07) is 34.4. The molecule has 8 rings (SSSR count). The van der Waals surface area contributed by atoms with Crippen molar-refractivity contribution in [3.8, 4) is 5.75 Å². The number of amides is 1. The molecular formula is C43H38N4O3S. The number of hydrogen-bond acceptors (Lipinski definition) is 5. The number of para-hydroxylation sites is 1. The second-order valence-electron chi connectivity index (χ2n) is 12.8. The summed E-state index contributed by atoms with van der Waals surface area (Å²) in [5.41, 5.74) is 4.94. The molecule has 8 heteroatoms. The van der Waals surface area contributed by atoms with Crippen LogP contribution >= 0.6 is 11.3 Å². The average Bonchev–Trinajstić information content (AvgIpc) is 3.66. The van der Waals surface area contributed by atoms with Crippen molar-refractivity contribution in [1.29, 1.82) is 0 Å². The van der Waals surface area contributed by atoms with Gasteiger partial charge in [-0.25, -0.2) is 4.99 Å². The number of aromatic nitrogens is 2. The van der Waals surface area contributed by atoms with Crippen molar-refractivity contribution in [3.05, 3.63) is 157 Å². The summed E-state index contributed by atoms with van der Waals surface area (Å²) in [6.45, 7) is 7.58. The first kappa shape index (κ1) is 32.5. The minimum Gasteiger partial charge on any atom is -0.496 e. The molecule has 0 N–H and O–H groups in total. The Morgan fingerprint density at radius 3 is 2.27 bits per heavy atom. The maximum absolute atomic E-state index is 14.8. The molecular weight excluding hydrogens is 653 g/mol. The SMILES string of the molecule is CCN(CC)C(=O)C1=C(C)N=c2s/c(=C/c3cn(Cc4cccc5ccccc45)c4ccccc34)c(=O)n2[C@@H]1c1c(OC)ccc2ccccc12. The predicted molar refractivity (Wildman–Crippen MR) is 207 cm³/mol. The molecule has 0 spiro atoms. The molecule has 5 aromatic carbocycles. The molecule has 51 heavy (non-hydrogen) atoms. The Balaban J connectivity index is 1.34. The highest BCUT2D eigenvalue weighted by molar-refractivity contribution is 7.07. The topological polar surface area (TPSA) is 68.8 Å². The largest absolute Gasteiger partial charge is 0.496 e. The third kappa shape index (κ3) is 5.47. The zero-order valence-electron chi connectivity index (χ0n) is 29.1. The van der Waals surface area contributed by atoms with Gasteiger partial charge in [0.15, 0.2) is 4.80 Å². The van der Waals surface area contributed by atoms with E-state index in [1.165, 1.54) is 27.7 Å². The van der Waals surface area contributed by atoms with Crippen LogP contribution in [0.1, 0.15) is 43.5 Å². The lowest BCUT2D eigenvalue weighted by atomic mass is 9.90. The number of fused-ring (bicyclic) bond motifs is 4. The van der Waals surface area contributed by atoms with Crippen LogP contribution in [0.3, 0.4) is 0 Å². The fourth-order valence-electron chi connectivity index (χ4n) is 7.56. The summed E-state index contributed by atoms with van der Waals surface area (Å²) < 4.78 is 10.5. The number of nitrogens with zero attached hydrogens (tertiary/aromatic N) is 4. The number of carbonyl (C=O) groups is 1. The quantitative estimate of drug-likeness (QED) is 0.167. The van der Waals surface area contributed by atoms with Crippen LogP contribution in [0.2, 0.25) is 0 Å². The van der Waals surface area contributed by atoms with E-state index >= 15 is 0 Å². The molecule has 7 aromatic rings. The van der Waals surface area contributed by atoms with Gasteiger partial charge in [0.1, 0.15) is 11.8 Å². The average molecular weight is 691 g/mol. The third-order valence-electron chi connectivity index (χ3n) is 10.1. The fourth-order valence-corrected chi connectivity index (χ4v) is 8.60. The van der Waals surface area contributed by atoms with E-state index in [1.807, 2.05) is 75.4 Å². The van der Waals surface area contributed by atoms with Crippen LogP contribution in [0.15, 0.2) is 130 Å². The number of allylic oxidation sites excluding steroid dienone is 1. The van der Waals surface area contributed by atoms with Gasteiger partial charge in [-0.3, -0.25) is 14.2 Å². The van der Waals surface area contributed by atoms with Gasteiger partial charge in [-0.1, -0.05) is 102 Å². The van der Waals surface area contributed by atoms with Crippen molar-refractivity contribution in [2.45, 2.75) is 33.4 Å². The highest BCUT2D eigenvalue weighted by atomic mass is 32.1. The van der Waals surface area contributed by atoms with Gasteiger partial charge in [-0.15, -0.1) is 0 Å². The number of ether oxygens (including phenoxy) is 1. The van der Waals surface area contributed by atoms with Crippen LogP contribution in [0, 0.1) is 0 Å². The summed E-state index contributed by atoms with van der Waals surface area (Å²) in [5.74, 6) is 0.483. The number of rotatable bonds is 8. The Hall–Kier alpha value is -5.73. The van der Waals surface area contributed by atoms with Crippen LogP contribution < -0.4 is 19.6 Å². The molecule has 3 heterocycles. The molecule has 254 valence electrons. The summed E-state index contributed by atoms with van der Waals surface area (Å²) in [4.78, 5) is 36.4. The molecule has 0 saturated carbocycles. The minimum absolute atomic E-state index is 0.132. The van der Waals surface area contributed by atoms with E-state index in [-0.39, 0.29) is 11.5 Å². The van der Waals surface area contributed by atoms with Crippen LogP contribution in [-0.4, -0.2) is 40.1 Å². The van der Waals surface area contributed by atoms with Crippen molar-refractivity contribution in [2.24, 2.45) is 4.99 Å². The molecule has 0 saturated heterocycles. The van der Waals surface area contributed by atoms with Gasteiger partial charge in [-0.2, -0.15) is 0 Å². The second kappa shape index (κ2) is 13.2. The Bertz CT molecular complexity index is 2710. The van der Waals surface area contributed by atoms with Gasteiger partial charge >= 0.3 is 0 Å². The van der Waals surface area contributed by atoms with E-state index in [2.05, 4.69) is 65.4 Å². The Kier molecular flexibility index (Phi) is 8.40. The first-order valence-electron chi connectivity index (χ1n) is 17.3. The molecule has 0 bridgehead atoms. The maximum Gasteiger partial charge on any atom is 0.271 e. The molecule has 0 aliphatic carbocycles.